The van der Waals surface area contributed by atoms with Gasteiger partial charge in [-0.05, 0) is 29.3 Å². The Morgan fingerprint density at radius 3 is 2.47 bits per heavy atom. The fourth-order valence-electron chi connectivity index (χ4n) is 1.71. The zero-order chi connectivity index (χ0) is 14.0. The smallest absolute Gasteiger partial charge is 0.364 e. The molecule has 3 nitrogen and oxygen atoms in total. The van der Waals surface area contributed by atoms with Gasteiger partial charge in [-0.2, -0.15) is 13.2 Å². The number of rotatable bonds is 2. The molecule has 6 heteroatoms. The van der Waals surface area contributed by atoms with Crippen molar-refractivity contribution < 1.29 is 18.0 Å². The summed E-state index contributed by atoms with van der Waals surface area (Å²) in [7, 11) is 0. The Kier molecular flexibility index (Phi) is 3.25. The Morgan fingerprint density at radius 2 is 1.84 bits per heavy atom. The molecule has 19 heavy (non-hydrogen) atoms. The molecule has 0 spiro atoms. The molecule has 1 aromatic heterocycles. The number of amides is 1. The topological polar surface area (TPSA) is 56.0 Å². The van der Waals surface area contributed by atoms with Crippen molar-refractivity contribution in [3.8, 4) is 11.1 Å². The number of pyridine rings is 1. The third-order valence-electron chi connectivity index (χ3n) is 2.56. The lowest BCUT2D eigenvalue weighted by Crippen LogP contribution is -2.13. The number of hydrogen-bond acceptors (Lipinski definition) is 2. The minimum Gasteiger partial charge on any atom is -0.364 e. The van der Waals surface area contributed by atoms with Crippen molar-refractivity contribution in [3.05, 3.63) is 53.9 Å². The van der Waals surface area contributed by atoms with Crippen LogP contribution >= 0.6 is 0 Å². The Hall–Kier alpha value is -2.37. The van der Waals surface area contributed by atoms with E-state index >= 15 is 0 Å². The molecule has 2 rings (SSSR count). The first-order valence-corrected chi connectivity index (χ1v) is 5.32. The van der Waals surface area contributed by atoms with Crippen molar-refractivity contribution in [1.29, 1.82) is 0 Å². The molecule has 0 saturated heterocycles. The van der Waals surface area contributed by atoms with Crippen molar-refractivity contribution in [3.63, 3.8) is 0 Å². The Morgan fingerprint density at radius 1 is 1.16 bits per heavy atom. The highest BCUT2D eigenvalue weighted by molar-refractivity contribution is 5.92. The summed E-state index contributed by atoms with van der Waals surface area (Å²) in [6.07, 6.45) is -3.21. The standard InChI is InChI=1S/C13H9F3N2O/c14-13(15,16)10-4-2-1-3-9(10)8-5-6-18-11(7-8)12(17)19/h1-7H,(H2,17,19). The van der Waals surface area contributed by atoms with E-state index in [1.807, 2.05) is 0 Å². The zero-order valence-electron chi connectivity index (χ0n) is 9.61. The number of aromatic nitrogens is 1. The average Bonchev–Trinajstić information content (AvgIpc) is 2.38. The molecule has 0 aliphatic carbocycles. The van der Waals surface area contributed by atoms with E-state index in [9.17, 15) is 18.0 Å². The lowest BCUT2D eigenvalue weighted by atomic mass is 9.99. The van der Waals surface area contributed by atoms with E-state index < -0.39 is 17.6 Å². The molecule has 0 unspecified atom stereocenters. The Bertz CT molecular complexity index is 623. The lowest BCUT2D eigenvalue weighted by Gasteiger charge is -2.12. The van der Waals surface area contributed by atoms with Crippen LogP contribution in [0.4, 0.5) is 13.2 Å². The molecule has 98 valence electrons. The maximum Gasteiger partial charge on any atom is 0.417 e. The molecule has 0 aliphatic heterocycles. The van der Waals surface area contributed by atoms with Crippen LogP contribution in [-0.2, 0) is 6.18 Å². The van der Waals surface area contributed by atoms with Crippen LogP contribution < -0.4 is 5.73 Å². The number of hydrogen-bond donors (Lipinski definition) is 1. The summed E-state index contributed by atoms with van der Waals surface area (Å²) in [6, 6.07) is 7.77. The molecule has 2 aromatic rings. The maximum absolute atomic E-state index is 12.9. The summed E-state index contributed by atoms with van der Waals surface area (Å²) in [5, 5.41) is 0. The highest BCUT2D eigenvalue weighted by atomic mass is 19.4. The molecular formula is C13H9F3N2O. The zero-order valence-corrected chi connectivity index (χ0v) is 9.61. The highest BCUT2D eigenvalue weighted by Gasteiger charge is 2.33. The number of halogens is 3. The summed E-state index contributed by atoms with van der Waals surface area (Å²) in [6.45, 7) is 0. The summed E-state index contributed by atoms with van der Waals surface area (Å²) in [5.41, 5.74) is 4.45. The fourth-order valence-corrected chi connectivity index (χ4v) is 1.71. The summed E-state index contributed by atoms with van der Waals surface area (Å²) in [5.74, 6) is -0.786. The number of primary amides is 1. The van der Waals surface area contributed by atoms with E-state index in [0.29, 0.717) is 0 Å². The van der Waals surface area contributed by atoms with Crippen molar-refractivity contribution >= 4 is 5.91 Å². The number of nitrogens with zero attached hydrogens (tertiary/aromatic N) is 1. The van der Waals surface area contributed by atoms with Crippen LogP contribution in [0, 0.1) is 0 Å². The summed E-state index contributed by atoms with van der Waals surface area (Å²) < 4.78 is 38.7. The predicted molar refractivity (Wildman–Crippen MR) is 63.2 cm³/mol. The van der Waals surface area contributed by atoms with E-state index in [-0.39, 0.29) is 16.8 Å². The van der Waals surface area contributed by atoms with Gasteiger partial charge in [-0.25, -0.2) is 0 Å². The summed E-state index contributed by atoms with van der Waals surface area (Å²) in [4.78, 5) is 14.7. The van der Waals surface area contributed by atoms with Gasteiger partial charge in [0.25, 0.3) is 5.91 Å². The van der Waals surface area contributed by atoms with E-state index in [1.54, 1.807) is 0 Å². The fraction of sp³-hybridized carbons (Fsp3) is 0.0769. The number of carbonyl (C=O) groups excluding carboxylic acids is 1. The van der Waals surface area contributed by atoms with E-state index in [0.717, 1.165) is 6.07 Å². The quantitative estimate of drug-likeness (QED) is 0.908. The van der Waals surface area contributed by atoms with Gasteiger partial charge in [-0.1, -0.05) is 18.2 Å². The van der Waals surface area contributed by atoms with Crippen LogP contribution in [0.15, 0.2) is 42.6 Å². The maximum atomic E-state index is 12.9. The van der Waals surface area contributed by atoms with Crippen molar-refractivity contribution in [2.75, 3.05) is 0 Å². The monoisotopic (exact) mass is 266 g/mol. The van der Waals surface area contributed by atoms with E-state index in [1.165, 1.54) is 36.5 Å². The molecule has 1 amide bonds. The minimum absolute atomic E-state index is 0.0140. The van der Waals surface area contributed by atoms with Gasteiger partial charge in [-0.3, -0.25) is 9.78 Å². The number of benzene rings is 1. The highest BCUT2D eigenvalue weighted by Crippen LogP contribution is 2.36. The SMILES string of the molecule is NC(=O)c1cc(-c2ccccc2C(F)(F)F)ccn1. The van der Waals surface area contributed by atoms with Gasteiger partial charge in [0.2, 0.25) is 0 Å². The van der Waals surface area contributed by atoms with Gasteiger partial charge in [-0.15, -0.1) is 0 Å². The molecular weight excluding hydrogens is 257 g/mol. The molecule has 0 fully saturated rings. The van der Waals surface area contributed by atoms with Crippen LogP contribution in [0.5, 0.6) is 0 Å². The number of alkyl halides is 3. The van der Waals surface area contributed by atoms with Gasteiger partial charge in [0.1, 0.15) is 5.69 Å². The van der Waals surface area contributed by atoms with Gasteiger partial charge < -0.3 is 5.73 Å². The lowest BCUT2D eigenvalue weighted by molar-refractivity contribution is -0.137. The molecule has 0 radical (unpaired) electrons. The van der Waals surface area contributed by atoms with Crippen LogP contribution in [-0.4, -0.2) is 10.9 Å². The molecule has 0 atom stereocenters. The molecule has 0 bridgehead atoms. The second-order valence-corrected chi connectivity index (χ2v) is 3.84. The van der Waals surface area contributed by atoms with E-state index in [2.05, 4.69) is 4.98 Å². The second-order valence-electron chi connectivity index (χ2n) is 3.84. The Balaban J connectivity index is 2.60. The molecule has 0 aliphatic rings. The first kappa shape index (κ1) is 13.1. The first-order chi connectivity index (χ1) is 8.89. The second kappa shape index (κ2) is 4.72. The molecule has 2 N–H and O–H groups in total. The Labute approximate surface area is 106 Å². The first-order valence-electron chi connectivity index (χ1n) is 5.32. The number of carbonyl (C=O) groups is 1. The summed E-state index contributed by atoms with van der Waals surface area (Å²) >= 11 is 0. The van der Waals surface area contributed by atoms with Gasteiger partial charge in [0, 0.05) is 6.20 Å². The molecule has 0 saturated carbocycles. The van der Waals surface area contributed by atoms with Crippen LogP contribution in [0.25, 0.3) is 11.1 Å². The largest absolute Gasteiger partial charge is 0.417 e. The van der Waals surface area contributed by atoms with Crippen LogP contribution in [0.3, 0.4) is 0 Å². The molecule has 1 heterocycles. The van der Waals surface area contributed by atoms with Gasteiger partial charge >= 0.3 is 6.18 Å². The number of nitrogens with two attached hydrogens (primary N) is 1. The van der Waals surface area contributed by atoms with Gasteiger partial charge in [0.05, 0.1) is 5.56 Å². The van der Waals surface area contributed by atoms with Crippen LogP contribution in [0.1, 0.15) is 16.1 Å². The predicted octanol–water partition coefficient (Wildman–Crippen LogP) is 2.87. The van der Waals surface area contributed by atoms with Crippen molar-refractivity contribution in [2.45, 2.75) is 6.18 Å². The van der Waals surface area contributed by atoms with E-state index in [4.69, 9.17) is 5.73 Å². The third-order valence-corrected chi connectivity index (χ3v) is 2.56. The average molecular weight is 266 g/mol. The van der Waals surface area contributed by atoms with Crippen LogP contribution in [0.2, 0.25) is 0 Å². The van der Waals surface area contributed by atoms with Gasteiger partial charge in [0.15, 0.2) is 0 Å². The minimum atomic E-state index is -4.47. The third kappa shape index (κ3) is 2.73. The van der Waals surface area contributed by atoms with Crippen molar-refractivity contribution in [1.82, 2.24) is 4.98 Å². The molecule has 1 aromatic carbocycles. The normalized spacial score (nSPS) is 11.3. The van der Waals surface area contributed by atoms with Crippen molar-refractivity contribution in [2.24, 2.45) is 5.73 Å².